The second kappa shape index (κ2) is 12.4. The Kier molecular flexibility index (Phi) is 8.65. The molecule has 0 spiro atoms. The van der Waals surface area contributed by atoms with Gasteiger partial charge in [0.05, 0.1) is 42.7 Å². The van der Waals surface area contributed by atoms with E-state index in [-0.39, 0.29) is 18.6 Å². The van der Waals surface area contributed by atoms with E-state index in [1.54, 1.807) is 18.2 Å². The topological polar surface area (TPSA) is 104 Å². The van der Waals surface area contributed by atoms with Crippen LogP contribution >= 0.6 is 0 Å². The molecule has 2 aromatic carbocycles. The van der Waals surface area contributed by atoms with Gasteiger partial charge in [-0.15, -0.1) is 0 Å². The summed E-state index contributed by atoms with van der Waals surface area (Å²) in [5, 5.41) is 18.1. The molecule has 2 bridgehead atoms. The molecule has 3 N–H and O–H groups in total. The number of fused-ring (bicyclic) bond motifs is 3. The van der Waals surface area contributed by atoms with E-state index in [2.05, 4.69) is 55.1 Å². The van der Waals surface area contributed by atoms with Crippen molar-refractivity contribution in [2.24, 2.45) is 28.2 Å². The molecule has 0 amide bonds. The molecule has 7 rings (SSSR count). The quantitative estimate of drug-likeness (QED) is 0.262. The number of halogens is 1. The lowest BCUT2D eigenvalue weighted by atomic mass is 9.45. The monoisotopic (exact) mass is 618 g/mol. The predicted octanol–water partition coefficient (Wildman–Crippen LogP) is 4.65. The van der Waals surface area contributed by atoms with Crippen molar-refractivity contribution in [2.75, 3.05) is 26.8 Å². The van der Waals surface area contributed by atoms with E-state index in [1.165, 1.54) is 30.5 Å². The molecule has 4 aliphatic rings. The molecule has 0 radical (unpaired) electrons. The van der Waals surface area contributed by atoms with Gasteiger partial charge in [-0.1, -0.05) is 26.8 Å². The van der Waals surface area contributed by atoms with Gasteiger partial charge in [-0.3, -0.25) is 9.36 Å². The minimum Gasteiger partial charge on any atom is -0.497 e. The van der Waals surface area contributed by atoms with Gasteiger partial charge < -0.3 is 25.4 Å². The maximum atomic E-state index is 14.7. The van der Waals surface area contributed by atoms with Crippen LogP contribution in [-0.2, 0) is 6.42 Å². The highest BCUT2D eigenvalue weighted by Crippen LogP contribution is 2.61. The summed E-state index contributed by atoms with van der Waals surface area (Å²) in [5.74, 6) is 2.84. The highest BCUT2D eigenvalue weighted by Gasteiger charge is 2.56. The number of methoxy groups -OCH3 is 1. The third kappa shape index (κ3) is 6.06. The first-order chi connectivity index (χ1) is 21.5. The fraction of sp³-hybridized carbons (Fsp3) is 0.571. The smallest absolute Gasteiger partial charge is 0.261 e. The summed E-state index contributed by atoms with van der Waals surface area (Å²) in [6, 6.07) is 10.4. The molecule has 1 saturated heterocycles. The van der Waals surface area contributed by atoms with Crippen LogP contribution < -0.4 is 20.9 Å². The van der Waals surface area contributed by atoms with Crippen LogP contribution in [0.1, 0.15) is 59.1 Å². The third-order valence-corrected chi connectivity index (χ3v) is 10.8. The highest BCUT2D eigenvalue weighted by atomic mass is 19.1. The van der Waals surface area contributed by atoms with Crippen molar-refractivity contribution in [1.82, 2.24) is 25.1 Å². The number of piperazine rings is 1. The zero-order valence-electron chi connectivity index (χ0n) is 27.3. The second-order valence-corrected chi connectivity index (χ2v) is 14.2. The van der Waals surface area contributed by atoms with Crippen molar-refractivity contribution in [3.05, 3.63) is 64.5 Å². The number of hydrogen-bond acceptors (Lipinski definition) is 6. The average Bonchev–Trinajstić information content (AvgIpc) is 3.00. The number of aromatic nitrogens is 2. The van der Waals surface area contributed by atoms with Crippen LogP contribution in [-0.4, -0.2) is 70.4 Å². The summed E-state index contributed by atoms with van der Waals surface area (Å²) in [7, 11) is 1.48. The van der Waals surface area contributed by atoms with Gasteiger partial charge in [-0.25, -0.2) is 14.4 Å². The maximum absolute atomic E-state index is 14.7. The summed E-state index contributed by atoms with van der Waals surface area (Å²) in [6.45, 7) is 13.0. The number of rotatable bonds is 7. The Morgan fingerprint density at radius 2 is 1.93 bits per heavy atom. The highest BCUT2D eigenvalue weighted by molar-refractivity contribution is 5.86. The lowest BCUT2D eigenvalue weighted by Gasteiger charge is -2.62. The maximum Gasteiger partial charge on any atom is 0.261 e. The summed E-state index contributed by atoms with van der Waals surface area (Å²) in [4.78, 5) is 25.7. The van der Waals surface area contributed by atoms with Crippen molar-refractivity contribution >= 4 is 22.5 Å². The number of hydrogen-bond donors (Lipinski definition) is 3. The first-order valence-corrected chi connectivity index (χ1v) is 16.3. The van der Waals surface area contributed by atoms with E-state index in [4.69, 9.17) is 9.73 Å². The summed E-state index contributed by atoms with van der Waals surface area (Å²) >= 11 is 0. The number of aliphatic hydroxyl groups is 1. The van der Waals surface area contributed by atoms with E-state index >= 15 is 0 Å². The minimum absolute atomic E-state index is 0.136. The predicted molar refractivity (Wildman–Crippen MR) is 176 cm³/mol. The molecule has 7 atom stereocenters. The van der Waals surface area contributed by atoms with E-state index in [0.717, 1.165) is 37.1 Å². The van der Waals surface area contributed by atoms with Crippen LogP contribution in [0.2, 0.25) is 0 Å². The molecule has 4 fully saturated rings. The number of benzene rings is 2. The van der Waals surface area contributed by atoms with Gasteiger partial charge >= 0.3 is 0 Å². The van der Waals surface area contributed by atoms with Gasteiger partial charge in [0.15, 0.2) is 5.96 Å². The number of aliphatic hydroxyl groups excluding tert-OH is 1. The minimum atomic E-state index is -0.670. The Labute approximate surface area is 264 Å². The first kappa shape index (κ1) is 31.5. The second-order valence-electron chi connectivity index (χ2n) is 14.2. The molecule has 3 aromatic rings. The van der Waals surface area contributed by atoms with Crippen LogP contribution in [0.25, 0.3) is 10.9 Å². The molecule has 10 heteroatoms. The lowest BCUT2D eigenvalue weighted by molar-refractivity contribution is -0.112. The van der Waals surface area contributed by atoms with Gasteiger partial charge in [0.1, 0.15) is 11.6 Å². The molecule has 242 valence electrons. The molecule has 0 unspecified atom stereocenters. The van der Waals surface area contributed by atoms with Gasteiger partial charge in [-0.05, 0) is 86.1 Å². The Morgan fingerprint density at radius 1 is 1.18 bits per heavy atom. The Hall–Kier alpha value is -3.50. The molecule has 3 aliphatic carbocycles. The number of nitrogens with zero attached hydrogens (tertiary/aromatic N) is 4. The van der Waals surface area contributed by atoms with Crippen LogP contribution in [0.3, 0.4) is 0 Å². The third-order valence-electron chi connectivity index (χ3n) is 10.8. The van der Waals surface area contributed by atoms with E-state index < -0.39 is 11.9 Å². The van der Waals surface area contributed by atoms with Crippen molar-refractivity contribution in [3.63, 3.8) is 0 Å². The van der Waals surface area contributed by atoms with E-state index in [0.29, 0.717) is 57.6 Å². The molecule has 3 saturated carbocycles. The molecule has 1 aliphatic heterocycles. The molecular formula is C35H47FN6O3. The SMILES string of the molecule is COc1ccc(C[C@@H](CO)n2cnc3cc(N=C(N[C@H]4C[C@@H]5C[C@@H]([C@H]4C)C5(C)C)N4C[C@@H](C)N[C@@H](C)C4)ccc3c2=O)c(F)c1. The summed E-state index contributed by atoms with van der Waals surface area (Å²) in [6.07, 6.45) is 4.04. The lowest BCUT2D eigenvalue weighted by Crippen LogP contribution is -2.64. The molecule has 2 heterocycles. The summed E-state index contributed by atoms with van der Waals surface area (Å²) < 4.78 is 21.1. The fourth-order valence-corrected chi connectivity index (χ4v) is 8.10. The average molecular weight is 619 g/mol. The Morgan fingerprint density at radius 3 is 2.58 bits per heavy atom. The van der Waals surface area contributed by atoms with Crippen molar-refractivity contribution in [3.8, 4) is 5.75 Å². The van der Waals surface area contributed by atoms with E-state index in [9.17, 15) is 14.3 Å². The van der Waals surface area contributed by atoms with Gasteiger partial charge in [-0.2, -0.15) is 0 Å². The zero-order chi connectivity index (χ0) is 32.0. The van der Waals surface area contributed by atoms with Gasteiger partial charge in [0, 0.05) is 37.3 Å². The number of nitrogens with one attached hydrogen (secondary N) is 2. The molecule has 45 heavy (non-hydrogen) atoms. The summed E-state index contributed by atoms with van der Waals surface area (Å²) in [5.41, 5.74) is 1.75. The Balaban J connectivity index is 1.29. The largest absolute Gasteiger partial charge is 0.497 e. The standard InChI is InChI=1S/C35H47FN6O3/c1-20-16-41(17-21(2)38-20)34(40-31-13-24-12-29(22(31)3)35(24,4)5)39-25-8-10-28-32(14-25)37-19-42(33(28)44)26(18-43)11-23-7-9-27(45-6)15-30(23)36/h7-10,14-15,19-22,24,26,29,31,38,43H,11-13,16-18H2,1-6H3,(H,39,40)/t20-,21+,22-,24+,26+,29+,31+/m1/s1. The van der Waals surface area contributed by atoms with Gasteiger partial charge in [0.25, 0.3) is 5.56 Å². The molecule has 1 aromatic heterocycles. The van der Waals surface area contributed by atoms with Crippen LogP contribution in [0, 0.1) is 29.0 Å². The van der Waals surface area contributed by atoms with Gasteiger partial charge in [0.2, 0.25) is 0 Å². The van der Waals surface area contributed by atoms with Crippen molar-refractivity contribution < 1.29 is 14.2 Å². The van der Waals surface area contributed by atoms with Crippen LogP contribution in [0.5, 0.6) is 5.75 Å². The Bertz CT molecular complexity index is 1630. The first-order valence-electron chi connectivity index (χ1n) is 16.3. The number of guanidine groups is 1. The zero-order valence-corrected chi connectivity index (χ0v) is 27.3. The number of aliphatic imine (C=N–C) groups is 1. The van der Waals surface area contributed by atoms with E-state index in [1.807, 2.05) is 12.1 Å². The van der Waals surface area contributed by atoms with Crippen molar-refractivity contribution in [2.45, 2.75) is 78.0 Å². The molecular weight excluding hydrogens is 571 g/mol. The fourth-order valence-electron chi connectivity index (χ4n) is 8.10. The van der Waals surface area contributed by atoms with Crippen LogP contribution in [0.4, 0.5) is 10.1 Å². The van der Waals surface area contributed by atoms with Crippen molar-refractivity contribution in [1.29, 1.82) is 0 Å². The van der Waals surface area contributed by atoms with Crippen LogP contribution in [0.15, 0.2) is 52.5 Å². The normalized spacial score (nSPS) is 28.4. The number of ether oxygens (including phenoxy) is 1. The molecule has 9 nitrogen and oxygen atoms in total.